The van der Waals surface area contributed by atoms with Gasteiger partial charge in [0.2, 0.25) is 0 Å². The van der Waals surface area contributed by atoms with Crippen molar-refractivity contribution < 1.29 is 0 Å². The van der Waals surface area contributed by atoms with Gasteiger partial charge in [0.25, 0.3) is 0 Å². The van der Waals surface area contributed by atoms with Crippen LogP contribution >= 0.6 is 0 Å². The van der Waals surface area contributed by atoms with Gasteiger partial charge in [-0.3, -0.25) is 9.67 Å². The molecule has 0 N–H and O–H groups in total. The van der Waals surface area contributed by atoms with Crippen molar-refractivity contribution >= 4 is 16.7 Å². The van der Waals surface area contributed by atoms with Crippen LogP contribution in [-0.2, 0) is 7.05 Å². The molecule has 3 aromatic heterocycles. The van der Waals surface area contributed by atoms with Crippen molar-refractivity contribution in [3.8, 4) is 11.4 Å². The first-order valence-corrected chi connectivity index (χ1v) is 9.69. The highest BCUT2D eigenvalue weighted by Crippen LogP contribution is 2.33. The number of anilines is 1. The number of benzene rings is 1. The molecule has 5 rings (SSSR count). The van der Waals surface area contributed by atoms with Crippen LogP contribution < -0.4 is 4.90 Å². The Hall–Kier alpha value is -3.28. The van der Waals surface area contributed by atoms with E-state index in [1.54, 1.807) is 6.20 Å². The fourth-order valence-corrected chi connectivity index (χ4v) is 4.10. The number of hydrogen-bond donors (Lipinski definition) is 0. The van der Waals surface area contributed by atoms with E-state index >= 15 is 0 Å². The van der Waals surface area contributed by atoms with Gasteiger partial charge in [-0.1, -0.05) is 12.1 Å². The van der Waals surface area contributed by atoms with Crippen molar-refractivity contribution in [3.05, 3.63) is 66.7 Å². The number of piperidine rings is 1. The Morgan fingerprint density at radius 2 is 1.79 bits per heavy atom. The van der Waals surface area contributed by atoms with E-state index in [-0.39, 0.29) is 0 Å². The zero-order chi connectivity index (χ0) is 18.9. The molecule has 140 valence electrons. The minimum atomic E-state index is 0.551. The number of pyridine rings is 1. The van der Waals surface area contributed by atoms with Crippen LogP contribution in [0.1, 0.15) is 24.5 Å². The van der Waals surface area contributed by atoms with E-state index in [0.717, 1.165) is 54.0 Å². The lowest BCUT2D eigenvalue weighted by atomic mass is 9.93. The lowest BCUT2D eigenvalue weighted by Crippen LogP contribution is -2.34. The number of aromatic nitrogens is 5. The molecule has 6 heteroatoms. The van der Waals surface area contributed by atoms with Gasteiger partial charge >= 0.3 is 0 Å². The van der Waals surface area contributed by atoms with Crippen LogP contribution in [0.5, 0.6) is 0 Å². The SMILES string of the molecule is Cn1nccc1C1CCN(c2nc(-c3cccnc3)nc3ccccc23)CC1. The number of fused-ring (bicyclic) bond motifs is 1. The summed E-state index contributed by atoms with van der Waals surface area (Å²) in [5, 5.41) is 5.44. The zero-order valence-corrected chi connectivity index (χ0v) is 15.9. The molecule has 0 saturated carbocycles. The molecule has 0 atom stereocenters. The summed E-state index contributed by atoms with van der Waals surface area (Å²) in [5.41, 5.74) is 3.24. The summed E-state index contributed by atoms with van der Waals surface area (Å²) in [4.78, 5) is 16.4. The summed E-state index contributed by atoms with van der Waals surface area (Å²) in [7, 11) is 2.03. The molecule has 6 nitrogen and oxygen atoms in total. The van der Waals surface area contributed by atoms with E-state index in [4.69, 9.17) is 9.97 Å². The summed E-state index contributed by atoms with van der Waals surface area (Å²) in [5.74, 6) is 2.30. The molecular weight excluding hydrogens is 348 g/mol. The Kier molecular flexibility index (Phi) is 4.24. The second kappa shape index (κ2) is 7.03. The Balaban J connectivity index is 1.49. The molecule has 0 radical (unpaired) electrons. The van der Waals surface area contributed by atoms with Gasteiger partial charge in [-0.25, -0.2) is 9.97 Å². The molecule has 28 heavy (non-hydrogen) atoms. The summed E-state index contributed by atoms with van der Waals surface area (Å²) in [6.45, 7) is 1.95. The molecule has 4 aromatic rings. The Labute approximate surface area is 163 Å². The van der Waals surface area contributed by atoms with E-state index in [1.807, 2.05) is 42.3 Å². The molecule has 1 aromatic carbocycles. The van der Waals surface area contributed by atoms with Crippen LogP contribution in [0, 0.1) is 0 Å². The van der Waals surface area contributed by atoms with Crippen molar-refractivity contribution in [1.29, 1.82) is 0 Å². The van der Waals surface area contributed by atoms with Gasteiger partial charge in [0.1, 0.15) is 5.82 Å². The molecule has 0 spiro atoms. The molecule has 4 heterocycles. The van der Waals surface area contributed by atoms with Crippen molar-refractivity contribution in [2.24, 2.45) is 7.05 Å². The van der Waals surface area contributed by atoms with Gasteiger partial charge in [0.05, 0.1) is 5.52 Å². The van der Waals surface area contributed by atoms with E-state index < -0.39 is 0 Å². The first kappa shape index (κ1) is 16.9. The minimum Gasteiger partial charge on any atom is -0.356 e. The summed E-state index contributed by atoms with van der Waals surface area (Å²) in [6.07, 6.45) is 7.68. The Morgan fingerprint density at radius 3 is 2.54 bits per heavy atom. The maximum Gasteiger partial charge on any atom is 0.163 e. The second-order valence-corrected chi connectivity index (χ2v) is 7.27. The highest BCUT2D eigenvalue weighted by atomic mass is 15.3. The molecule has 1 aliphatic rings. The van der Waals surface area contributed by atoms with Gasteiger partial charge in [-0.05, 0) is 43.2 Å². The monoisotopic (exact) mass is 370 g/mol. The minimum absolute atomic E-state index is 0.551. The van der Waals surface area contributed by atoms with E-state index in [0.29, 0.717) is 5.92 Å². The molecule has 0 aliphatic carbocycles. The van der Waals surface area contributed by atoms with Crippen LogP contribution in [0.25, 0.3) is 22.3 Å². The highest BCUT2D eigenvalue weighted by molar-refractivity contribution is 5.91. The largest absolute Gasteiger partial charge is 0.356 e. The summed E-state index contributed by atoms with van der Waals surface area (Å²) >= 11 is 0. The molecule has 0 bridgehead atoms. The van der Waals surface area contributed by atoms with Crippen LogP contribution in [0.2, 0.25) is 0 Å². The van der Waals surface area contributed by atoms with Crippen molar-refractivity contribution in [1.82, 2.24) is 24.7 Å². The third-order valence-corrected chi connectivity index (χ3v) is 5.57. The van der Waals surface area contributed by atoms with E-state index in [2.05, 4.69) is 39.2 Å². The summed E-state index contributed by atoms with van der Waals surface area (Å²) in [6, 6.07) is 14.3. The smallest absolute Gasteiger partial charge is 0.163 e. The standard InChI is InChI=1S/C22H22N6/c1-27-20(8-12-24-27)16-9-13-28(14-10-16)22-18-6-2-3-7-19(18)25-21(26-22)17-5-4-11-23-15-17/h2-8,11-12,15-16H,9-10,13-14H2,1H3. The first-order valence-electron chi connectivity index (χ1n) is 9.69. The highest BCUT2D eigenvalue weighted by Gasteiger charge is 2.25. The third-order valence-electron chi connectivity index (χ3n) is 5.57. The lowest BCUT2D eigenvalue weighted by Gasteiger charge is -2.33. The summed E-state index contributed by atoms with van der Waals surface area (Å²) < 4.78 is 2.00. The fraction of sp³-hybridized carbons (Fsp3) is 0.273. The number of rotatable bonds is 3. The molecular formula is C22H22N6. The van der Waals surface area contributed by atoms with Gasteiger partial charge in [0.15, 0.2) is 5.82 Å². The second-order valence-electron chi connectivity index (χ2n) is 7.27. The molecule has 1 saturated heterocycles. The normalized spacial score (nSPS) is 15.2. The van der Waals surface area contributed by atoms with Crippen LogP contribution in [-0.4, -0.2) is 37.8 Å². The average molecular weight is 370 g/mol. The average Bonchev–Trinajstić information content (AvgIpc) is 3.19. The van der Waals surface area contributed by atoms with E-state index in [1.165, 1.54) is 5.69 Å². The van der Waals surface area contributed by atoms with E-state index in [9.17, 15) is 0 Å². The van der Waals surface area contributed by atoms with Gasteiger partial charge in [-0.15, -0.1) is 0 Å². The van der Waals surface area contributed by atoms with Crippen molar-refractivity contribution in [2.75, 3.05) is 18.0 Å². The topological polar surface area (TPSA) is 59.7 Å². The fourth-order valence-electron chi connectivity index (χ4n) is 4.10. The predicted octanol–water partition coefficient (Wildman–Crippen LogP) is 3.81. The zero-order valence-electron chi connectivity index (χ0n) is 15.9. The molecule has 1 aliphatic heterocycles. The van der Waals surface area contributed by atoms with Crippen LogP contribution in [0.4, 0.5) is 5.82 Å². The van der Waals surface area contributed by atoms with Gasteiger partial charge in [0, 0.05) is 61.3 Å². The predicted molar refractivity (Wildman–Crippen MR) is 110 cm³/mol. The van der Waals surface area contributed by atoms with Gasteiger partial charge < -0.3 is 4.90 Å². The van der Waals surface area contributed by atoms with Crippen LogP contribution in [0.15, 0.2) is 61.1 Å². The number of nitrogens with zero attached hydrogens (tertiary/aromatic N) is 6. The Morgan fingerprint density at radius 1 is 0.929 bits per heavy atom. The lowest BCUT2D eigenvalue weighted by molar-refractivity contribution is 0.476. The maximum absolute atomic E-state index is 4.96. The first-order chi connectivity index (χ1) is 13.8. The molecule has 0 amide bonds. The maximum atomic E-state index is 4.96. The Bertz CT molecular complexity index is 1100. The van der Waals surface area contributed by atoms with Gasteiger partial charge in [-0.2, -0.15) is 5.10 Å². The third kappa shape index (κ3) is 3.01. The number of para-hydroxylation sites is 1. The number of aryl methyl sites for hydroxylation is 1. The quantitative estimate of drug-likeness (QED) is 0.549. The van der Waals surface area contributed by atoms with Crippen molar-refractivity contribution in [3.63, 3.8) is 0 Å². The van der Waals surface area contributed by atoms with Crippen molar-refractivity contribution in [2.45, 2.75) is 18.8 Å². The number of hydrogen-bond acceptors (Lipinski definition) is 5. The van der Waals surface area contributed by atoms with Crippen LogP contribution in [0.3, 0.4) is 0 Å². The molecule has 0 unspecified atom stereocenters. The molecule has 1 fully saturated rings.